The summed E-state index contributed by atoms with van der Waals surface area (Å²) in [6.45, 7) is 6.47. The SMILES string of the molecule is CCCCN(C(=O)c1scnc1C)c1c(N)n(CCCC)c(=O)[nH]c1=O. The third kappa shape index (κ3) is 4.04. The number of aryl methyl sites for hydroxylation is 1. The molecule has 0 radical (unpaired) electrons. The van der Waals surface area contributed by atoms with Crippen LogP contribution in [0.15, 0.2) is 15.1 Å². The molecule has 142 valence electrons. The van der Waals surface area contributed by atoms with Crippen molar-refractivity contribution in [2.45, 2.75) is 53.0 Å². The number of nitrogens with zero attached hydrogens (tertiary/aromatic N) is 3. The Balaban J connectivity index is 2.57. The van der Waals surface area contributed by atoms with E-state index in [1.54, 1.807) is 12.4 Å². The summed E-state index contributed by atoms with van der Waals surface area (Å²) in [6.07, 6.45) is 3.17. The number of nitrogens with two attached hydrogens (primary N) is 1. The van der Waals surface area contributed by atoms with Gasteiger partial charge < -0.3 is 5.73 Å². The lowest BCUT2D eigenvalue weighted by Crippen LogP contribution is -2.41. The Kier molecular flexibility index (Phi) is 6.73. The second kappa shape index (κ2) is 8.79. The van der Waals surface area contributed by atoms with Crippen molar-refractivity contribution in [3.8, 4) is 0 Å². The van der Waals surface area contributed by atoms with E-state index >= 15 is 0 Å². The Morgan fingerprint density at radius 3 is 2.58 bits per heavy atom. The van der Waals surface area contributed by atoms with Gasteiger partial charge in [-0.25, -0.2) is 9.78 Å². The van der Waals surface area contributed by atoms with E-state index in [4.69, 9.17) is 5.73 Å². The maximum atomic E-state index is 13.0. The van der Waals surface area contributed by atoms with Crippen LogP contribution >= 0.6 is 11.3 Å². The van der Waals surface area contributed by atoms with E-state index in [0.717, 1.165) is 19.3 Å². The molecule has 0 spiro atoms. The molecule has 0 unspecified atom stereocenters. The van der Waals surface area contributed by atoms with Crippen molar-refractivity contribution < 1.29 is 4.79 Å². The van der Waals surface area contributed by atoms with E-state index in [1.807, 2.05) is 13.8 Å². The van der Waals surface area contributed by atoms with E-state index in [-0.39, 0.29) is 17.4 Å². The highest BCUT2D eigenvalue weighted by Gasteiger charge is 2.26. The van der Waals surface area contributed by atoms with Crippen molar-refractivity contribution in [1.29, 1.82) is 0 Å². The highest BCUT2D eigenvalue weighted by atomic mass is 32.1. The molecule has 2 rings (SSSR count). The van der Waals surface area contributed by atoms with Crippen LogP contribution in [0.1, 0.15) is 54.9 Å². The second-order valence-corrected chi connectivity index (χ2v) is 6.93. The predicted molar refractivity (Wildman–Crippen MR) is 104 cm³/mol. The Morgan fingerprint density at radius 2 is 2.00 bits per heavy atom. The fraction of sp³-hybridized carbons (Fsp3) is 0.529. The molecule has 2 aromatic heterocycles. The lowest BCUT2D eigenvalue weighted by atomic mass is 10.2. The number of aromatic amines is 1. The molecule has 2 aromatic rings. The molecule has 0 saturated heterocycles. The summed E-state index contributed by atoms with van der Waals surface area (Å²) in [6, 6.07) is 0. The van der Waals surface area contributed by atoms with Crippen molar-refractivity contribution in [2.24, 2.45) is 0 Å². The fourth-order valence-electron chi connectivity index (χ4n) is 2.64. The van der Waals surface area contributed by atoms with Crippen LogP contribution in [-0.2, 0) is 6.54 Å². The van der Waals surface area contributed by atoms with Crippen LogP contribution in [0.2, 0.25) is 0 Å². The largest absolute Gasteiger partial charge is 0.383 e. The molecule has 3 N–H and O–H groups in total. The number of H-pyrrole nitrogens is 1. The zero-order valence-electron chi connectivity index (χ0n) is 15.4. The molecule has 26 heavy (non-hydrogen) atoms. The number of aromatic nitrogens is 3. The molecule has 0 saturated carbocycles. The van der Waals surface area contributed by atoms with Gasteiger partial charge in [-0.1, -0.05) is 26.7 Å². The van der Waals surface area contributed by atoms with Crippen LogP contribution in [0.3, 0.4) is 0 Å². The molecular formula is C17H25N5O3S. The van der Waals surface area contributed by atoms with Crippen LogP contribution in [0, 0.1) is 6.92 Å². The van der Waals surface area contributed by atoms with Crippen molar-refractivity contribution in [3.05, 3.63) is 36.9 Å². The minimum Gasteiger partial charge on any atom is -0.383 e. The van der Waals surface area contributed by atoms with Gasteiger partial charge in [0, 0.05) is 13.1 Å². The van der Waals surface area contributed by atoms with Crippen LogP contribution in [-0.4, -0.2) is 27.0 Å². The Bertz CT molecular complexity index is 883. The standard InChI is InChI=1S/C17H25N5O3S/c1-4-6-8-21(16(24)13-11(3)19-10-26-13)12-14(18)22(9-7-5-2)17(25)20-15(12)23/h10H,4-9,18H2,1-3H3,(H,20,23,25). The minimum atomic E-state index is -0.646. The average Bonchev–Trinajstić information content (AvgIpc) is 3.02. The Morgan fingerprint density at radius 1 is 1.31 bits per heavy atom. The van der Waals surface area contributed by atoms with Gasteiger partial charge in [0.25, 0.3) is 11.5 Å². The van der Waals surface area contributed by atoms with Gasteiger partial charge in [-0.2, -0.15) is 0 Å². The molecule has 0 aliphatic heterocycles. The summed E-state index contributed by atoms with van der Waals surface area (Å²) < 4.78 is 1.33. The van der Waals surface area contributed by atoms with E-state index in [9.17, 15) is 14.4 Å². The predicted octanol–water partition coefficient (Wildman–Crippen LogP) is 2.13. The van der Waals surface area contributed by atoms with Crippen molar-refractivity contribution in [2.75, 3.05) is 17.2 Å². The highest BCUT2D eigenvalue weighted by Crippen LogP contribution is 2.23. The van der Waals surface area contributed by atoms with Gasteiger partial charge in [0.15, 0.2) is 5.69 Å². The number of carbonyl (C=O) groups is 1. The molecule has 0 fully saturated rings. The maximum Gasteiger partial charge on any atom is 0.330 e. The third-order valence-corrected chi connectivity index (χ3v) is 5.06. The first-order valence-corrected chi connectivity index (χ1v) is 9.64. The number of anilines is 2. The van der Waals surface area contributed by atoms with E-state index in [2.05, 4.69) is 9.97 Å². The Hall–Kier alpha value is -2.42. The smallest absolute Gasteiger partial charge is 0.330 e. The number of carbonyl (C=O) groups excluding carboxylic acids is 1. The summed E-state index contributed by atoms with van der Waals surface area (Å²) >= 11 is 1.22. The molecule has 2 heterocycles. The van der Waals surface area contributed by atoms with Gasteiger partial charge in [0.05, 0.1) is 11.2 Å². The summed E-state index contributed by atoms with van der Waals surface area (Å²) in [4.78, 5) is 45.9. The molecule has 0 aromatic carbocycles. The zero-order valence-corrected chi connectivity index (χ0v) is 16.2. The number of hydrogen-bond acceptors (Lipinski definition) is 6. The van der Waals surface area contributed by atoms with Crippen molar-refractivity contribution >= 4 is 28.7 Å². The van der Waals surface area contributed by atoms with E-state index in [0.29, 0.717) is 30.1 Å². The van der Waals surface area contributed by atoms with Crippen LogP contribution in [0.4, 0.5) is 11.5 Å². The Labute approximate surface area is 155 Å². The topological polar surface area (TPSA) is 114 Å². The first kappa shape index (κ1) is 19.9. The van der Waals surface area contributed by atoms with Gasteiger partial charge in [-0.15, -0.1) is 11.3 Å². The average molecular weight is 379 g/mol. The molecular weight excluding hydrogens is 354 g/mol. The number of amides is 1. The molecule has 0 atom stereocenters. The second-order valence-electron chi connectivity index (χ2n) is 6.08. The number of thiazole rings is 1. The van der Waals surface area contributed by atoms with Crippen molar-refractivity contribution in [1.82, 2.24) is 14.5 Å². The molecule has 0 aliphatic rings. The van der Waals surface area contributed by atoms with Crippen LogP contribution in [0.25, 0.3) is 0 Å². The molecule has 0 bridgehead atoms. The lowest BCUT2D eigenvalue weighted by Gasteiger charge is -2.24. The van der Waals surface area contributed by atoms with Gasteiger partial charge in [-0.3, -0.25) is 24.0 Å². The number of nitrogen functional groups attached to an aromatic ring is 1. The normalized spacial score (nSPS) is 10.9. The van der Waals surface area contributed by atoms with Gasteiger partial charge in [0.2, 0.25) is 0 Å². The monoisotopic (exact) mass is 379 g/mol. The van der Waals surface area contributed by atoms with E-state index < -0.39 is 11.2 Å². The van der Waals surface area contributed by atoms with E-state index in [1.165, 1.54) is 20.8 Å². The molecule has 8 nitrogen and oxygen atoms in total. The van der Waals surface area contributed by atoms with Gasteiger partial charge in [0.1, 0.15) is 10.7 Å². The lowest BCUT2D eigenvalue weighted by molar-refractivity contribution is 0.0989. The number of unbranched alkanes of at least 4 members (excludes halogenated alkanes) is 2. The fourth-order valence-corrected chi connectivity index (χ4v) is 3.39. The minimum absolute atomic E-state index is 0.0267. The quantitative estimate of drug-likeness (QED) is 0.729. The first-order valence-electron chi connectivity index (χ1n) is 8.76. The number of rotatable bonds is 8. The molecule has 1 amide bonds. The highest BCUT2D eigenvalue weighted by molar-refractivity contribution is 7.12. The van der Waals surface area contributed by atoms with Gasteiger partial charge >= 0.3 is 5.69 Å². The summed E-state index contributed by atoms with van der Waals surface area (Å²) in [5.41, 5.74) is 7.20. The number of nitrogens with one attached hydrogen (secondary N) is 1. The third-order valence-electron chi connectivity index (χ3n) is 4.14. The maximum absolute atomic E-state index is 13.0. The summed E-state index contributed by atoms with van der Waals surface area (Å²) in [7, 11) is 0. The zero-order chi connectivity index (χ0) is 19.3. The molecule has 9 heteroatoms. The summed E-state index contributed by atoms with van der Waals surface area (Å²) in [5.74, 6) is -0.296. The first-order chi connectivity index (χ1) is 12.4. The van der Waals surface area contributed by atoms with Crippen LogP contribution < -0.4 is 21.9 Å². The van der Waals surface area contributed by atoms with Crippen molar-refractivity contribution in [3.63, 3.8) is 0 Å². The number of hydrogen-bond donors (Lipinski definition) is 2. The van der Waals surface area contributed by atoms with Gasteiger partial charge in [-0.05, 0) is 19.8 Å². The summed E-state index contributed by atoms with van der Waals surface area (Å²) in [5, 5.41) is 0. The molecule has 0 aliphatic carbocycles. The van der Waals surface area contributed by atoms with Crippen LogP contribution in [0.5, 0.6) is 0 Å².